The molecule has 0 spiro atoms. The van der Waals surface area contributed by atoms with Crippen molar-refractivity contribution in [2.45, 2.75) is 19.4 Å². The first-order valence-electron chi connectivity index (χ1n) is 7.54. The highest BCUT2D eigenvalue weighted by Gasteiger charge is 2.26. The fraction of sp³-hybridized carbons (Fsp3) is 0.235. The minimum atomic E-state index is -1.16. The Morgan fingerprint density at radius 2 is 1.88 bits per heavy atom. The van der Waals surface area contributed by atoms with Gasteiger partial charge in [-0.3, -0.25) is 0 Å². The summed E-state index contributed by atoms with van der Waals surface area (Å²) in [7, 11) is 0. The Labute approximate surface area is 145 Å². The molecule has 6 nitrogen and oxygen atoms in total. The minimum Gasteiger partial charge on any atom is -0.384 e. The smallest absolute Gasteiger partial charge is 0.247 e. The van der Waals surface area contributed by atoms with Gasteiger partial charge in [0.25, 0.3) is 0 Å². The number of halogens is 1. The first-order valence-corrected chi connectivity index (χ1v) is 7.92. The van der Waals surface area contributed by atoms with Crippen molar-refractivity contribution in [3.63, 3.8) is 0 Å². The van der Waals surface area contributed by atoms with Gasteiger partial charge in [0.15, 0.2) is 0 Å². The number of aliphatic hydroxyl groups is 1. The van der Waals surface area contributed by atoms with Gasteiger partial charge in [-0.15, -0.1) is 0 Å². The van der Waals surface area contributed by atoms with E-state index >= 15 is 0 Å². The zero-order valence-electron chi connectivity index (χ0n) is 13.4. The molecular formula is C17H18ClN5O. The maximum atomic E-state index is 10.7. The number of aromatic nitrogens is 4. The topological polar surface area (TPSA) is 75.9 Å². The Morgan fingerprint density at radius 1 is 1.17 bits per heavy atom. The summed E-state index contributed by atoms with van der Waals surface area (Å²) >= 11 is 6.18. The standard InChI is InChI=1S/C17H18ClN5O/c1-12-7-9-13(10-8-12)23-16(20-21-22-23)19-11-17(2,24)14-5-3-4-6-15(14)18/h3-10,24H,11H2,1-2H3,(H,19,20,22). The third-order valence-corrected chi connectivity index (χ3v) is 4.12. The second-order valence-corrected chi connectivity index (χ2v) is 6.26. The van der Waals surface area contributed by atoms with Gasteiger partial charge in [-0.05, 0) is 42.5 Å². The number of aryl methyl sites for hydroxylation is 1. The second-order valence-electron chi connectivity index (χ2n) is 5.86. The van der Waals surface area contributed by atoms with Crippen LogP contribution in [-0.2, 0) is 5.60 Å². The van der Waals surface area contributed by atoms with Crippen LogP contribution in [0.4, 0.5) is 5.95 Å². The molecule has 2 N–H and O–H groups in total. The molecule has 24 heavy (non-hydrogen) atoms. The van der Waals surface area contributed by atoms with Gasteiger partial charge in [-0.2, -0.15) is 4.68 Å². The summed E-state index contributed by atoms with van der Waals surface area (Å²) < 4.78 is 1.59. The largest absolute Gasteiger partial charge is 0.384 e. The maximum Gasteiger partial charge on any atom is 0.247 e. The molecule has 0 saturated heterocycles. The van der Waals surface area contributed by atoms with E-state index in [-0.39, 0.29) is 6.54 Å². The zero-order chi connectivity index (χ0) is 17.2. The molecule has 0 aliphatic heterocycles. The van der Waals surface area contributed by atoms with E-state index in [4.69, 9.17) is 11.6 Å². The van der Waals surface area contributed by atoms with Crippen molar-refractivity contribution >= 4 is 17.5 Å². The highest BCUT2D eigenvalue weighted by atomic mass is 35.5. The lowest BCUT2D eigenvalue weighted by molar-refractivity contribution is 0.0714. The molecule has 3 rings (SSSR count). The number of nitrogens with zero attached hydrogens (tertiary/aromatic N) is 4. The minimum absolute atomic E-state index is 0.211. The van der Waals surface area contributed by atoms with Crippen molar-refractivity contribution in [3.05, 3.63) is 64.7 Å². The Kier molecular flexibility index (Phi) is 4.51. The van der Waals surface area contributed by atoms with Crippen LogP contribution in [0.5, 0.6) is 0 Å². The highest BCUT2D eigenvalue weighted by Crippen LogP contribution is 2.28. The third-order valence-electron chi connectivity index (χ3n) is 3.79. The lowest BCUT2D eigenvalue weighted by Crippen LogP contribution is -2.31. The summed E-state index contributed by atoms with van der Waals surface area (Å²) in [4.78, 5) is 0. The predicted octanol–water partition coefficient (Wildman–Crippen LogP) is 2.94. The number of rotatable bonds is 5. The molecule has 1 atom stereocenters. The Bertz CT molecular complexity index is 829. The van der Waals surface area contributed by atoms with E-state index in [2.05, 4.69) is 20.8 Å². The Balaban J connectivity index is 1.79. The molecule has 7 heteroatoms. The average Bonchev–Trinajstić information content (AvgIpc) is 3.02. The highest BCUT2D eigenvalue weighted by molar-refractivity contribution is 6.31. The molecule has 1 heterocycles. The van der Waals surface area contributed by atoms with Crippen LogP contribution in [0.2, 0.25) is 5.02 Å². The molecule has 1 unspecified atom stereocenters. The molecule has 124 valence electrons. The number of hydrogen-bond donors (Lipinski definition) is 2. The van der Waals surface area contributed by atoms with E-state index in [1.54, 1.807) is 23.7 Å². The lowest BCUT2D eigenvalue weighted by atomic mass is 9.96. The van der Waals surface area contributed by atoms with Gasteiger partial charge >= 0.3 is 0 Å². The molecule has 0 saturated carbocycles. The van der Waals surface area contributed by atoms with Crippen molar-refractivity contribution in [1.29, 1.82) is 0 Å². The van der Waals surface area contributed by atoms with Gasteiger partial charge in [0.05, 0.1) is 12.2 Å². The Hall–Kier alpha value is -2.44. The van der Waals surface area contributed by atoms with Crippen LogP contribution in [0, 0.1) is 6.92 Å². The van der Waals surface area contributed by atoms with Crippen LogP contribution >= 0.6 is 11.6 Å². The summed E-state index contributed by atoms with van der Waals surface area (Å²) in [6.07, 6.45) is 0. The molecule has 0 amide bonds. The van der Waals surface area contributed by atoms with Gasteiger partial charge in [0.1, 0.15) is 5.60 Å². The van der Waals surface area contributed by atoms with Crippen molar-refractivity contribution in [1.82, 2.24) is 20.2 Å². The number of nitrogens with one attached hydrogen (secondary N) is 1. The molecule has 0 aliphatic carbocycles. The Morgan fingerprint density at radius 3 is 2.58 bits per heavy atom. The van der Waals surface area contributed by atoms with Crippen LogP contribution in [0.25, 0.3) is 5.69 Å². The first-order chi connectivity index (χ1) is 11.5. The zero-order valence-corrected chi connectivity index (χ0v) is 14.2. The lowest BCUT2D eigenvalue weighted by Gasteiger charge is -2.25. The molecule has 3 aromatic rings. The molecule has 0 bridgehead atoms. The van der Waals surface area contributed by atoms with E-state index in [9.17, 15) is 5.11 Å². The summed E-state index contributed by atoms with van der Waals surface area (Å²) in [5.41, 5.74) is 1.48. The number of tetrazole rings is 1. The summed E-state index contributed by atoms with van der Waals surface area (Å²) in [5, 5.41) is 26.0. The van der Waals surface area contributed by atoms with Crippen LogP contribution in [-0.4, -0.2) is 31.9 Å². The van der Waals surface area contributed by atoms with Gasteiger partial charge < -0.3 is 10.4 Å². The number of anilines is 1. The van der Waals surface area contributed by atoms with Crippen LogP contribution in [0.15, 0.2) is 48.5 Å². The van der Waals surface area contributed by atoms with E-state index in [1.165, 1.54) is 0 Å². The number of hydrogen-bond acceptors (Lipinski definition) is 5. The van der Waals surface area contributed by atoms with E-state index in [1.807, 2.05) is 43.3 Å². The predicted molar refractivity (Wildman–Crippen MR) is 93.4 cm³/mol. The fourth-order valence-electron chi connectivity index (χ4n) is 2.40. The van der Waals surface area contributed by atoms with Crippen LogP contribution in [0.3, 0.4) is 0 Å². The van der Waals surface area contributed by atoms with E-state index in [0.29, 0.717) is 16.5 Å². The quantitative estimate of drug-likeness (QED) is 0.745. The fourth-order valence-corrected chi connectivity index (χ4v) is 2.74. The van der Waals surface area contributed by atoms with Crippen LogP contribution in [0.1, 0.15) is 18.1 Å². The van der Waals surface area contributed by atoms with Crippen LogP contribution < -0.4 is 5.32 Å². The summed E-state index contributed by atoms with van der Waals surface area (Å²) in [6.45, 7) is 3.92. The summed E-state index contributed by atoms with van der Waals surface area (Å²) in [6, 6.07) is 15.1. The molecule has 1 aromatic heterocycles. The molecular weight excluding hydrogens is 326 g/mol. The van der Waals surface area contributed by atoms with Gasteiger partial charge in [0, 0.05) is 10.6 Å². The average molecular weight is 344 g/mol. The van der Waals surface area contributed by atoms with E-state index in [0.717, 1.165) is 11.3 Å². The van der Waals surface area contributed by atoms with Crippen molar-refractivity contribution < 1.29 is 5.11 Å². The van der Waals surface area contributed by atoms with Crippen molar-refractivity contribution in [2.24, 2.45) is 0 Å². The first kappa shape index (κ1) is 16.4. The molecule has 0 aliphatic rings. The summed E-state index contributed by atoms with van der Waals surface area (Å²) in [5.74, 6) is 0.450. The SMILES string of the molecule is Cc1ccc(-n2nnnc2NCC(C)(O)c2ccccc2Cl)cc1. The van der Waals surface area contributed by atoms with Crippen molar-refractivity contribution in [2.75, 3.05) is 11.9 Å². The second kappa shape index (κ2) is 6.59. The van der Waals surface area contributed by atoms with Gasteiger partial charge in [-0.1, -0.05) is 52.6 Å². The molecule has 0 fully saturated rings. The molecule has 0 radical (unpaired) electrons. The molecule has 2 aromatic carbocycles. The monoisotopic (exact) mass is 343 g/mol. The van der Waals surface area contributed by atoms with Gasteiger partial charge in [0.2, 0.25) is 5.95 Å². The maximum absolute atomic E-state index is 10.7. The normalized spacial score (nSPS) is 13.5. The van der Waals surface area contributed by atoms with Crippen molar-refractivity contribution in [3.8, 4) is 5.69 Å². The number of benzene rings is 2. The van der Waals surface area contributed by atoms with Gasteiger partial charge in [-0.25, -0.2) is 0 Å². The van der Waals surface area contributed by atoms with E-state index < -0.39 is 5.60 Å². The third kappa shape index (κ3) is 3.39.